The number of amides is 1. The summed E-state index contributed by atoms with van der Waals surface area (Å²) in [6.45, 7) is 3.55. The van der Waals surface area contributed by atoms with Crippen LogP contribution in [0.2, 0.25) is 0 Å². The van der Waals surface area contributed by atoms with Crippen LogP contribution in [-0.2, 0) is 0 Å². The number of nitrogens with zero attached hydrogens (tertiary/aromatic N) is 2. The van der Waals surface area contributed by atoms with Gasteiger partial charge in [0.25, 0.3) is 5.91 Å². The molecular formula is C24H28BrF3N4O. The van der Waals surface area contributed by atoms with Gasteiger partial charge in [-0.05, 0) is 72.2 Å². The molecule has 2 N–H and O–H groups in total. The lowest BCUT2D eigenvalue weighted by atomic mass is 9.99. The highest BCUT2D eigenvalue weighted by Crippen LogP contribution is 2.28. The topological polar surface area (TPSA) is 77.7 Å². The predicted molar refractivity (Wildman–Crippen MR) is 130 cm³/mol. The summed E-state index contributed by atoms with van der Waals surface area (Å²) in [5, 5.41) is 10.8. The molecular weight excluding hydrogens is 497 g/mol. The summed E-state index contributed by atoms with van der Waals surface area (Å²) >= 11 is 3.09. The average molecular weight is 525 g/mol. The van der Waals surface area contributed by atoms with Crippen molar-refractivity contribution in [2.45, 2.75) is 64.6 Å². The molecule has 1 aliphatic heterocycles. The molecule has 178 valence electrons. The lowest BCUT2D eigenvalue weighted by Crippen LogP contribution is -2.26. The summed E-state index contributed by atoms with van der Waals surface area (Å²) in [5.41, 5.74) is 4.01. The van der Waals surface area contributed by atoms with Crippen LogP contribution in [0.1, 0.15) is 66.9 Å². The fourth-order valence-corrected chi connectivity index (χ4v) is 3.87. The fraction of sp³-hybridized carbons (Fsp3) is 0.500. The summed E-state index contributed by atoms with van der Waals surface area (Å²) < 4.78 is 38.0. The maximum Gasteiger partial charge on any atom is 0.390 e. The zero-order valence-electron chi connectivity index (χ0n) is 18.7. The third kappa shape index (κ3) is 7.91. The smallest absolute Gasteiger partial charge is 0.349 e. The lowest BCUT2D eigenvalue weighted by molar-refractivity contribution is -0.132. The molecule has 1 heterocycles. The highest BCUT2D eigenvalue weighted by Gasteiger charge is 2.27. The van der Waals surface area contributed by atoms with Gasteiger partial charge in [-0.3, -0.25) is 20.2 Å². The van der Waals surface area contributed by atoms with Gasteiger partial charge < -0.3 is 5.32 Å². The Labute approximate surface area is 200 Å². The Bertz CT molecular complexity index is 1010. The quantitative estimate of drug-likeness (QED) is 0.387. The molecule has 0 spiro atoms. The maximum absolute atomic E-state index is 12.6. The maximum atomic E-state index is 12.6. The van der Waals surface area contributed by atoms with Gasteiger partial charge in [-0.25, -0.2) is 0 Å². The van der Waals surface area contributed by atoms with Crippen molar-refractivity contribution < 1.29 is 18.0 Å². The monoisotopic (exact) mass is 524 g/mol. The Morgan fingerprint density at radius 2 is 2.03 bits per heavy atom. The molecule has 1 saturated carbocycles. The number of allylic oxidation sites excluding steroid dienone is 1. The minimum atomic E-state index is -4.29. The van der Waals surface area contributed by atoms with Gasteiger partial charge in [0, 0.05) is 30.1 Å². The third-order valence-corrected chi connectivity index (χ3v) is 5.85. The number of benzene rings is 1. The van der Waals surface area contributed by atoms with Crippen molar-refractivity contribution in [2.24, 2.45) is 15.9 Å². The zero-order chi connectivity index (χ0) is 24.2. The van der Waals surface area contributed by atoms with Gasteiger partial charge in [0.15, 0.2) is 0 Å². The molecule has 1 amide bonds. The molecule has 1 aromatic carbocycles. The highest BCUT2D eigenvalue weighted by molar-refractivity contribution is 9.18. The van der Waals surface area contributed by atoms with Crippen LogP contribution in [0.5, 0.6) is 0 Å². The molecule has 1 aromatic rings. The van der Waals surface area contributed by atoms with Crippen molar-refractivity contribution in [3.05, 3.63) is 41.0 Å². The SMILES string of the molecule is Cc1cc(C2=CC(C)CCC(C(CC(=N)Br)=NCCC(F)(F)F)=N2)ccc1C(=O)NC1CC1. The number of hydrogen-bond donors (Lipinski definition) is 2. The van der Waals surface area contributed by atoms with E-state index in [0.29, 0.717) is 29.1 Å². The number of halogens is 4. The van der Waals surface area contributed by atoms with E-state index >= 15 is 0 Å². The number of aliphatic imine (C=N–C) groups is 2. The molecule has 5 nitrogen and oxygen atoms in total. The summed E-state index contributed by atoms with van der Waals surface area (Å²) in [6, 6.07) is 5.84. The second kappa shape index (κ2) is 10.8. The molecule has 1 aliphatic carbocycles. The molecule has 9 heteroatoms. The van der Waals surface area contributed by atoms with E-state index in [2.05, 4.69) is 33.2 Å². The van der Waals surface area contributed by atoms with Gasteiger partial charge in [-0.2, -0.15) is 13.2 Å². The summed E-state index contributed by atoms with van der Waals surface area (Å²) in [6.07, 6.45) is 0.211. The molecule has 0 saturated heterocycles. The number of carbonyl (C=O) groups is 1. The van der Waals surface area contributed by atoms with E-state index in [1.54, 1.807) is 6.07 Å². The largest absolute Gasteiger partial charge is 0.390 e. The van der Waals surface area contributed by atoms with Gasteiger partial charge >= 0.3 is 6.18 Å². The van der Waals surface area contributed by atoms with Gasteiger partial charge in [0.1, 0.15) is 0 Å². The number of aryl methyl sites for hydroxylation is 1. The number of rotatable bonds is 8. The van der Waals surface area contributed by atoms with Crippen molar-refractivity contribution in [1.29, 1.82) is 5.41 Å². The molecule has 0 radical (unpaired) electrons. The van der Waals surface area contributed by atoms with Crippen molar-refractivity contribution >= 4 is 43.6 Å². The van der Waals surface area contributed by atoms with E-state index in [1.807, 2.05) is 25.1 Å². The van der Waals surface area contributed by atoms with Crippen molar-refractivity contribution in [1.82, 2.24) is 5.32 Å². The Hall–Kier alpha value is -2.29. The normalized spacial score (nSPS) is 19.5. The minimum absolute atomic E-state index is 0.0797. The second-order valence-electron chi connectivity index (χ2n) is 8.68. The number of alkyl halides is 3. The standard InChI is InChI=1S/C24H28BrF3N4O/c1-14-3-8-19(21(13-22(25)29)30-10-9-24(26,27)28)32-20(11-14)16-4-7-18(15(2)12-16)23(33)31-17-5-6-17/h4,7,11-12,14,17,29H,3,5-6,8-10,13H2,1-2H3,(H,31,33). The highest BCUT2D eigenvalue weighted by atomic mass is 79.9. The number of carbonyl (C=O) groups excluding carboxylic acids is 1. The van der Waals surface area contributed by atoms with Crippen LogP contribution in [-0.4, -0.2) is 40.7 Å². The first-order valence-electron chi connectivity index (χ1n) is 11.1. The van der Waals surface area contributed by atoms with Crippen LogP contribution in [0.4, 0.5) is 13.2 Å². The molecule has 0 aromatic heterocycles. The van der Waals surface area contributed by atoms with Crippen molar-refractivity contribution in [3.8, 4) is 0 Å². The van der Waals surface area contributed by atoms with Crippen LogP contribution in [0, 0.1) is 18.3 Å². The first kappa shape index (κ1) is 25.3. The van der Waals surface area contributed by atoms with Crippen molar-refractivity contribution in [2.75, 3.05) is 6.54 Å². The van der Waals surface area contributed by atoms with Crippen LogP contribution in [0.15, 0.2) is 34.3 Å². The Morgan fingerprint density at radius 1 is 1.30 bits per heavy atom. The molecule has 1 fully saturated rings. The summed E-state index contributed by atoms with van der Waals surface area (Å²) in [4.78, 5) is 21.4. The Kier molecular flexibility index (Phi) is 8.26. The van der Waals surface area contributed by atoms with Crippen LogP contribution in [0.3, 0.4) is 0 Å². The van der Waals surface area contributed by atoms with E-state index in [-0.39, 0.29) is 28.9 Å². The van der Waals surface area contributed by atoms with Crippen LogP contribution < -0.4 is 5.32 Å². The van der Waals surface area contributed by atoms with E-state index in [1.165, 1.54) is 0 Å². The second-order valence-corrected chi connectivity index (χ2v) is 9.64. The molecule has 33 heavy (non-hydrogen) atoms. The van der Waals surface area contributed by atoms with Crippen LogP contribution in [0.25, 0.3) is 5.70 Å². The molecule has 1 unspecified atom stereocenters. The van der Waals surface area contributed by atoms with Crippen molar-refractivity contribution in [3.63, 3.8) is 0 Å². The molecule has 2 aliphatic rings. The number of hydrogen-bond acceptors (Lipinski definition) is 4. The summed E-state index contributed by atoms with van der Waals surface area (Å²) in [7, 11) is 0. The van der Waals surface area contributed by atoms with E-state index in [4.69, 9.17) is 10.4 Å². The first-order valence-corrected chi connectivity index (χ1v) is 11.9. The Balaban J connectivity index is 1.89. The van der Waals surface area contributed by atoms with Crippen LogP contribution >= 0.6 is 15.9 Å². The fourth-order valence-electron chi connectivity index (χ4n) is 3.61. The van der Waals surface area contributed by atoms with Gasteiger partial charge in [0.2, 0.25) is 0 Å². The van der Waals surface area contributed by atoms with E-state index in [9.17, 15) is 18.0 Å². The predicted octanol–water partition coefficient (Wildman–Crippen LogP) is 6.25. The molecule has 0 bridgehead atoms. The zero-order valence-corrected chi connectivity index (χ0v) is 20.3. The van der Waals surface area contributed by atoms with Gasteiger partial charge in [0.05, 0.1) is 28.2 Å². The van der Waals surface area contributed by atoms with Gasteiger partial charge in [-0.15, -0.1) is 0 Å². The molecule has 1 atom stereocenters. The Morgan fingerprint density at radius 3 is 2.64 bits per heavy atom. The first-order chi connectivity index (χ1) is 15.5. The van der Waals surface area contributed by atoms with E-state index in [0.717, 1.165) is 30.4 Å². The summed E-state index contributed by atoms with van der Waals surface area (Å²) in [5.74, 6) is 0.128. The minimum Gasteiger partial charge on any atom is -0.349 e. The molecule has 3 rings (SSSR count). The van der Waals surface area contributed by atoms with E-state index < -0.39 is 19.1 Å². The van der Waals surface area contributed by atoms with Gasteiger partial charge in [-0.1, -0.05) is 19.1 Å². The lowest BCUT2D eigenvalue weighted by Gasteiger charge is -2.12. The average Bonchev–Trinajstić information content (AvgIpc) is 3.53. The number of nitrogens with one attached hydrogen (secondary N) is 2. The third-order valence-electron chi connectivity index (χ3n) is 5.57.